The summed E-state index contributed by atoms with van der Waals surface area (Å²) in [7, 11) is 1.91. The zero-order valence-electron chi connectivity index (χ0n) is 10.8. The average molecular weight is 225 g/mol. The van der Waals surface area contributed by atoms with Gasteiger partial charge >= 0.3 is 0 Å². The van der Waals surface area contributed by atoms with Gasteiger partial charge in [-0.1, -0.05) is 19.1 Å². The van der Waals surface area contributed by atoms with Gasteiger partial charge in [0.1, 0.15) is 0 Å². The van der Waals surface area contributed by atoms with E-state index in [-0.39, 0.29) is 0 Å². The van der Waals surface area contributed by atoms with Crippen LogP contribution in [0.5, 0.6) is 0 Å². The summed E-state index contributed by atoms with van der Waals surface area (Å²) in [5.41, 5.74) is 1.12. The van der Waals surface area contributed by atoms with Crippen molar-refractivity contribution in [3.05, 3.63) is 11.9 Å². The van der Waals surface area contributed by atoms with Gasteiger partial charge in [-0.05, 0) is 20.0 Å². The molecule has 1 rings (SSSR count). The first kappa shape index (κ1) is 13.1. The van der Waals surface area contributed by atoms with Crippen molar-refractivity contribution in [3.8, 4) is 0 Å². The van der Waals surface area contributed by atoms with Gasteiger partial charge in [0.2, 0.25) is 0 Å². The Hall–Kier alpha value is -0.940. The molecule has 1 heterocycles. The zero-order chi connectivity index (χ0) is 12.0. The summed E-state index contributed by atoms with van der Waals surface area (Å²) in [6.45, 7) is 10.7. The standard InChI is InChI=1S/C11H23N5/c1-5-16(6-2)10(3)7-12-8-11-9-13-14-15(11)4/h9-10,12H,5-8H2,1-4H3. The first-order chi connectivity index (χ1) is 7.69. The highest BCUT2D eigenvalue weighted by Crippen LogP contribution is 1.98. The second-order valence-electron chi connectivity index (χ2n) is 4.05. The van der Waals surface area contributed by atoms with Crippen LogP contribution in [0.1, 0.15) is 26.5 Å². The summed E-state index contributed by atoms with van der Waals surface area (Å²) in [5, 5.41) is 11.2. The Morgan fingerprint density at radius 2 is 2.12 bits per heavy atom. The van der Waals surface area contributed by atoms with Crippen molar-refractivity contribution in [3.63, 3.8) is 0 Å². The van der Waals surface area contributed by atoms with Crippen LogP contribution in [0.2, 0.25) is 0 Å². The van der Waals surface area contributed by atoms with Crippen molar-refractivity contribution in [2.45, 2.75) is 33.4 Å². The van der Waals surface area contributed by atoms with Gasteiger partial charge in [-0.15, -0.1) is 5.10 Å². The third kappa shape index (κ3) is 3.57. The molecule has 1 atom stereocenters. The summed E-state index contributed by atoms with van der Waals surface area (Å²) in [5.74, 6) is 0. The molecule has 1 unspecified atom stereocenters. The Labute approximate surface area is 97.8 Å². The van der Waals surface area contributed by atoms with Crippen molar-refractivity contribution in [1.29, 1.82) is 0 Å². The van der Waals surface area contributed by atoms with Crippen molar-refractivity contribution >= 4 is 0 Å². The van der Waals surface area contributed by atoms with Gasteiger partial charge in [0, 0.05) is 26.2 Å². The van der Waals surface area contributed by atoms with Crippen LogP contribution in [0.4, 0.5) is 0 Å². The molecule has 0 amide bonds. The van der Waals surface area contributed by atoms with Gasteiger partial charge in [-0.2, -0.15) is 0 Å². The molecule has 1 N–H and O–H groups in total. The summed E-state index contributed by atoms with van der Waals surface area (Å²) in [6, 6.07) is 0.566. The van der Waals surface area contributed by atoms with E-state index in [1.54, 1.807) is 10.9 Å². The number of nitrogens with one attached hydrogen (secondary N) is 1. The maximum atomic E-state index is 3.90. The number of rotatable bonds is 7. The minimum absolute atomic E-state index is 0.566. The van der Waals surface area contributed by atoms with Gasteiger partial charge in [0.15, 0.2) is 0 Å². The van der Waals surface area contributed by atoms with Crippen LogP contribution in [0.15, 0.2) is 6.20 Å². The molecule has 0 aromatic carbocycles. The molecule has 92 valence electrons. The van der Waals surface area contributed by atoms with E-state index < -0.39 is 0 Å². The monoisotopic (exact) mass is 225 g/mol. The molecule has 16 heavy (non-hydrogen) atoms. The number of aryl methyl sites for hydroxylation is 1. The highest BCUT2D eigenvalue weighted by atomic mass is 15.4. The molecule has 5 heteroatoms. The number of nitrogens with zero attached hydrogens (tertiary/aromatic N) is 4. The first-order valence-electron chi connectivity index (χ1n) is 5.97. The largest absolute Gasteiger partial charge is 0.310 e. The molecule has 0 fully saturated rings. The second-order valence-corrected chi connectivity index (χ2v) is 4.05. The van der Waals surface area contributed by atoms with Crippen molar-refractivity contribution in [2.75, 3.05) is 19.6 Å². The molecule has 0 radical (unpaired) electrons. The highest BCUT2D eigenvalue weighted by molar-refractivity contribution is 4.92. The maximum absolute atomic E-state index is 3.90. The lowest BCUT2D eigenvalue weighted by Crippen LogP contribution is -2.40. The molecule has 0 aliphatic rings. The summed E-state index contributed by atoms with van der Waals surface area (Å²) < 4.78 is 1.80. The number of aromatic nitrogens is 3. The van der Waals surface area contributed by atoms with E-state index in [1.165, 1.54) is 0 Å². The topological polar surface area (TPSA) is 46.0 Å². The van der Waals surface area contributed by atoms with Crippen LogP contribution in [-0.4, -0.2) is 45.6 Å². The Bertz CT molecular complexity index is 292. The van der Waals surface area contributed by atoms with E-state index >= 15 is 0 Å². The second kappa shape index (κ2) is 6.60. The molecular weight excluding hydrogens is 202 g/mol. The lowest BCUT2D eigenvalue weighted by Gasteiger charge is -2.26. The van der Waals surface area contributed by atoms with E-state index in [4.69, 9.17) is 0 Å². The van der Waals surface area contributed by atoms with E-state index in [2.05, 4.69) is 41.3 Å². The molecule has 0 aliphatic carbocycles. The van der Waals surface area contributed by atoms with E-state index in [9.17, 15) is 0 Å². The Morgan fingerprint density at radius 1 is 1.44 bits per heavy atom. The lowest BCUT2D eigenvalue weighted by molar-refractivity contribution is 0.225. The van der Waals surface area contributed by atoms with Gasteiger partial charge in [0.05, 0.1) is 11.9 Å². The normalized spacial score (nSPS) is 13.3. The smallest absolute Gasteiger partial charge is 0.0738 e. The van der Waals surface area contributed by atoms with Gasteiger partial charge in [0.25, 0.3) is 0 Å². The van der Waals surface area contributed by atoms with Gasteiger partial charge in [-0.25, -0.2) is 0 Å². The average Bonchev–Trinajstić information content (AvgIpc) is 2.66. The molecular formula is C11H23N5. The molecule has 0 saturated carbocycles. The minimum atomic E-state index is 0.566. The highest BCUT2D eigenvalue weighted by Gasteiger charge is 2.09. The van der Waals surface area contributed by atoms with Crippen molar-refractivity contribution in [2.24, 2.45) is 7.05 Å². The summed E-state index contributed by atoms with van der Waals surface area (Å²) in [6.07, 6.45) is 1.80. The number of hydrogen-bond acceptors (Lipinski definition) is 4. The fraction of sp³-hybridized carbons (Fsp3) is 0.818. The van der Waals surface area contributed by atoms with Crippen molar-refractivity contribution < 1.29 is 0 Å². The van der Waals surface area contributed by atoms with E-state index in [0.717, 1.165) is 31.9 Å². The Kier molecular flexibility index (Phi) is 5.42. The zero-order valence-corrected chi connectivity index (χ0v) is 10.8. The van der Waals surface area contributed by atoms with Crippen LogP contribution in [0.25, 0.3) is 0 Å². The molecule has 5 nitrogen and oxygen atoms in total. The molecule has 0 aliphatic heterocycles. The third-order valence-corrected chi connectivity index (χ3v) is 2.99. The van der Waals surface area contributed by atoms with Crippen LogP contribution < -0.4 is 5.32 Å². The summed E-state index contributed by atoms with van der Waals surface area (Å²) >= 11 is 0. The predicted octanol–water partition coefficient (Wildman–Crippen LogP) is 0.635. The fourth-order valence-electron chi connectivity index (χ4n) is 1.86. The first-order valence-corrected chi connectivity index (χ1v) is 5.97. The molecule has 1 aromatic rings. The fourth-order valence-corrected chi connectivity index (χ4v) is 1.86. The molecule has 0 spiro atoms. The van der Waals surface area contributed by atoms with Crippen molar-refractivity contribution in [1.82, 2.24) is 25.2 Å². The third-order valence-electron chi connectivity index (χ3n) is 2.99. The maximum Gasteiger partial charge on any atom is 0.0738 e. The SMILES string of the molecule is CCN(CC)C(C)CNCc1cnnn1C. The number of hydrogen-bond donors (Lipinski definition) is 1. The molecule has 0 saturated heterocycles. The van der Waals surface area contributed by atoms with Crippen LogP contribution in [0, 0.1) is 0 Å². The molecule has 0 bridgehead atoms. The van der Waals surface area contributed by atoms with Gasteiger partial charge in [-0.3, -0.25) is 9.58 Å². The van der Waals surface area contributed by atoms with Crippen LogP contribution >= 0.6 is 0 Å². The Morgan fingerprint density at radius 3 is 2.62 bits per heavy atom. The van der Waals surface area contributed by atoms with Crippen LogP contribution in [0.3, 0.4) is 0 Å². The predicted molar refractivity (Wildman–Crippen MR) is 65.1 cm³/mol. The Balaban J connectivity index is 2.27. The van der Waals surface area contributed by atoms with E-state index in [1.807, 2.05) is 7.05 Å². The summed E-state index contributed by atoms with van der Waals surface area (Å²) in [4.78, 5) is 2.44. The minimum Gasteiger partial charge on any atom is -0.310 e. The molecule has 1 aromatic heterocycles. The lowest BCUT2D eigenvalue weighted by atomic mass is 10.2. The van der Waals surface area contributed by atoms with E-state index in [0.29, 0.717) is 6.04 Å². The number of likely N-dealkylation sites (N-methyl/N-ethyl adjacent to an activating group) is 1. The van der Waals surface area contributed by atoms with Crippen LogP contribution in [-0.2, 0) is 13.6 Å². The van der Waals surface area contributed by atoms with Gasteiger partial charge < -0.3 is 5.32 Å². The quantitative estimate of drug-likeness (QED) is 0.739.